The Kier molecular flexibility index (Phi) is 4.69. The molecule has 21 heavy (non-hydrogen) atoms. The van der Waals surface area contributed by atoms with Crippen LogP contribution in [0.5, 0.6) is 0 Å². The maximum Gasteiger partial charge on any atom is 0.156 e. The van der Waals surface area contributed by atoms with Crippen molar-refractivity contribution >= 4 is 11.6 Å². The molecular formula is C16H22ClN3O. The predicted molar refractivity (Wildman–Crippen MR) is 84.5 cm³/mol. The van der Waals surface area contributed by atoms with Gasteiger partial charge in [0.25, 0.3) is 0 Å². The van der Waals surface area contributed by atoms with Crippen LogP contribution < -0.4 is 0 Å². The van der Waals surface area contributed by atoms with Crippen LogP contribution in [0.3, 0.4) is 0 Å². The Morgan fingerprint density at radius 1 is 1.24 bits per heavy atom. The van der Waals surface area contributed by atoms with Gasteiger partial charge in [-0.1, -0.05) is 51.4 Å². The van der Waals surface area contributed by atoms with Gasteiger partial charge in [0.05, 0.1) is 0 Å². The smallest absolute Gasteiger partial charge is 0.156 e. The minimum absolute atomic E-state index is 0.118. The normalized spacial score (nSPS) is 15.0. The van der Waals surface area contributed by atoms with E-state index in [9.17, 15) is 5.11 Å². The van der Waals surface area contributed by atoms with Gasteiger partial charge in [-0.2, -0.15) is 5.10 Å². The molecule has 4 nitrogen and oxygen atoms in total. The lowest BCUT2D eigenvalue weighted by Gasteiger charge is -2.17. The summed E-state index contributed by atoms with van der Waals surface area (Å²) in [6.45, 7) is 8.23. The second-order valence-corrected chi connectivity index (χ2v) is 6.90. The number of hydrogen-bond donors (Lipinski definition) is 1. The number of nitrogens with zero attached hydrogens (tertiary/aromatic N) is 3. The molecule has 5 heteroatoms. The van der Waals surface area contributed by atoms with E-state index >= 15 is 0 Å². The van der Waals surface area contributed by atoms with E-state index in [1.165, 1.54) is 4.68 Å². The third kappa shape index (κ3) is 4.05. The zero-order valence-electron chi connectivity index (χ0n) is 12.9. The first-order chi connectivity index (χ1) is 9.77. The third-order valence-corrected chi connectivity index (χ3v) is 3.74. The van der Waals surface area contributed by atoms with Gasteiger partial charge < -0.3 is 5.11 Å². The van der Waals surface area contributed by atoms with Crippen molar-refractivity contribution < 1.29 is 5.11 Å². The molecule has 0 saturated carbocycles. The molecule has 1 aromatic heterocycles. The number of aromatic nitrogens is 3. The molecule has 0 aliphatic rings. The standard InChI is InChI=1S/C16H22ClN3O/c1-11(12-5-7-13(17)8-6-12)9-14(21)20-10-18-15(19-20)16(2,3)4/h5-8,10-11,14,21H,9H2,1-4H3. The summed E-state index contributed by atoms with van der Waals surface area (Å²) in [5.41, 5.74) is 1.03. The Bertz CT molecular complexity index is 586. The van der Waals surface area contributed by atoms with Crippen LogP contribution in [0.1, 0.15) is 57.6 Å². The maximum absolute atomic E-state index is 10.3. The Balaban J connectivity index is 2.05. The number of aliphatic hydroxyl groups is 1. The lowest BCUT2D eigenvalue weighted by Crippen LogP contribution is -2.16. The molecule has 0 aliphatic carbocycles. The summed E-state index contributed by atoms with van der Waals surface area (Å²) < 4.78 is 1.53. The van der Waals surface area contributed by atoms with Crippen molar-refractivity contribution in [3.63, 3.8) is 0 Å². The molecule has 0 saturated heterocycles. The third-order valence-electron chi connectivity index (χ3n) is 3.49. The van der Waals surface area contributed by atoms with Crippen LogP contribution in [0.2, 0.25) is 5.02 Å². The predicted octanol–water partition coefficient (Wildman–Crippen LogP) is 3.91. The Morgan fingerprint density at radius 2 is 1.86 bits per heavy atom. The lowest BCUT2D eigenvalue weighted by atomic mass is 9.96. The molecule has 1 heterocycles. The molecule has 0 amide bonds. The van der Waals surface area contributed by atoms with E-state index in [1.807, 2.05) is 24.3 Å². The molecule has 2 atom stereocenters. The quantitative estimate of drug-likeness (QED) is 0.931. The average molecular weight is 308 g/mol. The Labute approximate surface area is 130 Å². The molecule has 1 aromatic carbocycles. The highest BCUT2D eigenvalue weighted by Gasteiger charge is 2.21. The summed E-state index contributed by atoms with van der Waals surface area (Å²) in [5, 5.41) is 15.4. The first-order valence-corrected chi connectivity index (χ1v) is 7.50. The first kappa shape index (κ1) is 16.0. The molecule has 1 N–H and O–H groups in total. The summed E-state index contributed by atoms with van der Waals surface area (Å²) in [6.07, 6.45) is 1.49. The summed E-state index contributed by atoms with van der Waals surface area (Å²) in [6, 6.07) is 7.71. The fourth-order valence-corrected chi connectivity index (χ4v) is 2.24. The van der Waals surface area contributed by atoms with Crippen LogP contribution in [0.15, 0.2) is 30.6 Å². The maximum atomic E-state index is 10.3. The molecule has 0 radical (unpaired) electrons. The van der Waals surface area contributed by atoms with Crippen LogP contribution in [0.25, 0.3) is 0 Å². The van der Waals surface area contributed by atoms with Gasteiger partial charge in [0.15, 0.2) is 5.82 Å². The molecule has 114 valence electrons. The van der Waals surface area contributed by atoms with Crippen LogP contribution >= 0.6 is 11.6 Å². The van der Waals surface area contributed by atoms with Crippen molar-refractivity contribution in [2.45, 2.75) is 51.7 Å². The van der Waals surface area contributed by atoms with Gasteiger partial charge in [0.1, 0.15) is 12.6 Å². The van der Waals surface area contributed by atoms with Crippen LogP contribution in [-0.2, 0) is 5.41 Å². The highest BCUT2D eigenvalue weighted by molar-refractivity contribution is 6.30. The van der Waals surface area contributed by atoms with E-state index in [4.69, 9.17) is 11.6 Å². The van der Waals surface area contributed by atoms with Crippen LogP contribution in [0, 0.1) is 0 Å². The molecule has 0 spiro atoms. The topological polar surface area (TPSA) is 50.9 Å². The fraction of sp³-hybridized carbons (Fsp3) is 0.500. The SMILES string of the molecule is CC(CC(O)n1cnc(C(C)(C)C)n1)c1ccc(Cl)cc1. The second kappa shape index (κ2) is 6.16. The van der Waals surface area contributed by atoms with Gasteiger partial charge in [0, 0.05) is 16.9 Å². The van der Waals surface area contributed by atoms with E-state index in [0.717, 1.165) is 16.4 Å². The highest BCUT2D eigenvalue weighted by Crippen LogP contribution is 2.26. The van der Waals surface area contributed by atoms with E-state index in [0.29, 0.717) is 6.42 Å². The van der Waals surface area contributed by atoms with Crippen molar-refractivity contribution in [3.8, 4) is 0 Å². The van der Waals surface area contributed by atoms with Crippen molar-refractivity contribution in [1.29, 1.82) is 0 Å². The second-order valence-electron chi connectivity index (χ2n) is 6.47. The average Bonchev–Trinajstić information content (AvgIpc) is 2.88. The van der Waals surface area contributed by atoms with Gasteiger partial charge in [-0.3, -0.25) is 0 Å². The van der Waals surface area contributed by atoms with Gasteiger partial charge in [0.2, 0.25) is 0 Å². The monoisotopic (exact) mass is 307 g/mol. The zero-order chi connectivity index (χ0) is 15.6. The Hall–Kier alpha value is -1.39. The molecule has 2 aromatic rings. The molecular weight excluding hydrogens is 286 g/mol. The number of benzene rings is 1. The van der Waals surface area contributed by atoms with E-state index in [-0.39, 0.29) is 11.3 Å². The molecule has 2 unspecified atom stereocenters. The zero-order valence-corrected chi connectivity index (χ0v) is 13.7. The van der Waals surface area contributed by atoms with Crippen molar-refractivity contribution in [3.05, 3.63) is 47.0 Å². The van der Waals surface area contributed by atoms with Crippen molar-refractivity contribution in [2.75, 3.05) is 0 Å². The summed E-state index contributed by atoms with van der Waals surface area (Å²) >= 11 is 5.89. The van der Waals surface area contributed by atoms with E-state index < -0.39 is 6.23 Å². The van der Waals surface area contributed by atoms with E-state index in [2.05, 4.69) is 37.8 Å². The number of hydrogen-bond acceptors (Lipinski definition) is 3. The van der Waals surface area contributed by atoms with Gasteiger partial charge >= 0.3 is 0 Å². The summed E-state index contributed by atoms with van der Waals surface area (Å²) in [7, 11) is 0. The van der Waals surface area contributed by atoms with Crippen LogP contribution in [-0.4, -0.2) is 19.9 Å². The highest BCUT2D eigenvalue weighted by atomic mass is 35.5. The lowest BCUT2D eigenvalue weighted by molar-refractivity contribution is 0.0743. The van der Waals surface area contributed by atoms with Crippen molar-refractivity contribution in [1.82, 2.24) is 14.8 Å². The summed E-state index contributed by atoms with van der Waals surface area (Å²) in [4.78, 5) is 4.27. The largest absolute Gasteiger partial charge is 0.372 e. The molecule has 2 rings (SSSR count). The van der Waals surface area contributed by atoms with Gasteiger partial charge in [-0.05, 0) is 23.6 Å². The fourth-order valence-electron chi connectivity index (χ4n) is 2.11. The number of halogens is 1. The number of aliphatic hydroxyl groups excluding tert-OH is 1. The van der Waals surface area contributed by atoms with E-state index in [1.54, 1.807) is 6.33 Å². The molecule has 0 fully saturated rings. The van der Waals surface area contributed by atoms with Gasteiger partial charge in [-0.15, -0.1) is 0 Å². The minimum Gasteiger partial charge on any atom is -0.372 e. The first-order valence-electron chi connectivity index (χ1n) is 7.12. The Morgan fingerprint density at radius 3 is 2.38 bits per heavy atom. The van der Waals surface area contributed by atoms with Gasteiger partial charge in [-0.25, -0.2) is 9.67 Å². The van der Waals surface area contributed by atoms with Crippen LogP contribution in [0.4, 0.5) is 0 Å². The van der Waals surface area contributed by atoms with Crippen molar-refractivity contribution in [2.24, 2.45) is 0 Å². The molecule has 0 aliphatic heterocycles. The molecule has 0 bridgehead atoms. The number of rotatable bonds is 4. The summed E-state index contributed by atoms with van der Waals surface area (Å²) in [5.74, 6) is 0.945. The minimum atomic E-state index is -0.681.